The van der Waals surface area contributed by atoms with Crippen LogP contribution in [0.3, 0.4) is 0 Å². The number of carbonyl (C=O) groups excluding carboxylic acids is 1. The van der Waals surface area contributed by atoms with Crippen molar-refractivity contribution in [2.45, 2.75) is 44.4 Å². The van der Waals surface area contributed by atoms with Crippen molar-refractivity contribution in [3.05, 3.63) is 59.7 Å². The number of urea groups is 1. The van der Waals surface area contributed by atoms with Crippen molar-refractivity contribution in [1.82, 2.24) is 25.0 Å². The number of nitrogens with one attached hydrogen (secondary N) is 1. The number of likely N-dealkylation sites (tertiary alicyclic amines) is 1. The number of anilines is 1. The summed E-state index contributed by atoms with van der Waals surface area (Å²) < 4.78 is 44.9. The zero-order valence-corrected chi connectivity index (χ0v) is 19.0. The number of hydrogen-bond donors (Lipinski definition) is 2. The van der Waals surface area contributed by atoms with Gasteiger partial charge in [-0.2, -0.15) is 13.9 Å². The molecule has 0 bridgehead atoms. The van der Waals surface area contributed by atoms with Gasteiger partial charge >= 0.3 is 12.6 Å². The van der Waals surface area contributed by atoms with Gasteiger partial charge < -0.3 is 20.7 Å². The van der Waals surface area contributed by atoms with E-state index in [1.54, 1.807) is 17.0 Å². The summed E-state index contributed by atoms with van der Waals surface area (Å²) in [6.45, 7) is 0.684. The minimum absolute atomic E-state index is 0.121. The first-order valence-electron chi connectivity index (χ1n) is 11.3. The van der Waals surface area contributed by atoms with E-state index in [4.69, 9.17) is 5.73 Å². The minimum Gasteiger partial charge on any atom is -0.431 e. The molecule has 2 atom stereocenters. The van der Waals surface area contributed by atoms with Crippen LogP contribution in [0.1, 0.15) is 37.1 Å². The molecule has 4 heterocycles. The number of pyridine rings is 1. The van der Waals surface area contributed by atoms with Crippen LogP contribution in [-0.4, -0.2) is 45.4 Å². The highest BCUT2D eigenvalue weighted by atomic mass is 19.3. The molecular formula is C24H25F3N6O2. The fourth-order valence-corrected chi connectivity index (χ4v) is 4.96. The van der Waals surface area contributed by atoms with Gasteiger partial charge in [0.15, 0.2) is 11.6 Å². The highest BCUT2D eigenvalue weighted by molar-refractivity contribution is 5.75. The molecule has 1 spiro atoms. The zero-order valence-electron chi connectivity index (χ0n) is 19.0. The maximum atomic E-state index is 13.2. The number of nitrogens with two attached hydrogens (primary N) is 1. The highest BCUT2D eigenvalue weighted by Gasteiger charge is 2.47. The van der Waals surface area contributed by atoms with E-state index in [1.807, 2.05) is 17.7 Å². The maximum Gasteiger partial charge on any atom is 0.387 e. The third-order valence-electron chi connectivity index (χ3n) is 6.87. The molecule has 3 aromatic rings. The fourth-order valence-electron chi connectivity index (χ4n) is 4.96. The third kappa shape index (κ3) is 4.38. The normalized spacial score (nSPS) is 19.9. The van der Waals surface area contributed by atoms with Crippen LogP contribution in [0.5, 0.6) is 5.75 Å². The number of aromatic nitrogens is 3. The number of rotatable bonds is 5. The molecule has 5 rings (SSSR count). The largest absolute Gasteiger partial charge is 0.431 e. The van der Waals surface area contributed by atoms with Gasteiger partial charge in [-0.15, -0.1) is 0 Å². The quantitative estimate of drug-likeness (QED) is 0.566. The number of aryl methyl sites for hydroxylation is 1. The topological polar surface area (TPSA) is 98.3 Å². The third-order valence-corrected chi connectivity index (χ3v) is 6.87. The highest BCUT2D eigenvalue weighted by Crippen LogP contribution is 2.44. The molecule has 2 aliphatic rings. The van der Waals surface area contributed by atoms with Gasteiger partial charge in [-0.25, -0.2) is 14.2 Å². The van der Waals surface area contributed by atoms with Crippen LogP contribution in [0.4, 0.5) is 23.8 Å². The number of nitrogen functional groups attached to an aromatic ring is 1. The summed E-state index contributed by atoms with van der Waals surface area (Å²) in [5, 5.41) is 7.63. The van der Waals surface area contributed by atoms with Crippen LogP contribution in [0.2, 0.25) is 0 Å². The first-order valence-corrected chi connectivity index (χ1v) is 11.3. The molecular weight excluding hydrogens is 461 g/mol. The molecule has 184 valence electrons. The van der Waals surface area contributed by atoms with Crippen molar-refractivity contribution >= 4 is 11.8 Å². The van der Waals surface area contributed by atoms with Crippen LogP contribution < -0.4 is 15.8 Å². The van der Waals surface area contributed by atoms with Crippen molar-refractivity contribution in [2.75, 3.05) is 18.8 Å². The molecule has 2 amide bonds. The van der Waals surface area contributed by atoms with E-state index < -0.39 is 6.61 Å². The summed E-state index contributed by atoms with van der Waals surface area (Å²) in [5.41, 5.74) is 8.35. The minimum atomic E-state index is -3.01. The average molecular weight is 486 g/mol. The molecule has 0 aliphatic carbocycles. The van der Waals surface area contributed by atoms with Gasteiger partial charge in [0.05, 0.1) is 11.7 Å². The van der Waals surface area contributed by atoms with Gasteiger partial charge in [0.25, 0.3) is 0 Å². The number of fused-ring (bicyclic) bond motifs is 2. The second-order valence-corrected chi connectivity index (χ2v) is 9.05. The average Bonchev–Trinajstić information content (AvgIpc) is 3.52. The Morgan fingerprint density at radius 2 is 1.94 bits per heavy atom. The zero-order chi connectivity index (χ0) is 24.7. The van der Waals surface area contributed by atoms with E-state index in [1.165, 1.54) is 24.4 Å². The maximum absolute atomic E-state index is 13.2. The lowest BCUT2D eigenvalue weighted by molar-refractivity contribution is -0.0494. The predicted octanol–water partition coefficient (Wildman–Crippen LogP) is 4.09. The molecule has 11 heteroatoms. The molecule has 0 saturated carbocycles. The number of alkyl halides is 2. The van der Waals surface area contributed by atoms with Crippen molar-refractivity contribution in [2.24, 2.45) is 0 Å². The Morgan fingerprint density at radius 3 is 2.69 bits per heavy atom. The summed E-state index contributed by atoms with van der Waals surface area (Å²) in [7, 11) is 0. The molecule has 35 heavy (non-hydrogen) atoms. The van der Waals surface area contributed by atoms with E-state index >= 15 is 0 Å². The molecule has 2 aromatic heterocycles. The molecule has 3 N–H and O–H groups in total. The van der Waals surface area contributed by atoms with Crippen LogP contribution in [-0.2, 0) is 12.0 Å². The standard InChI is InChI=1S/C24H25F3N6O2/c1-14(15-2-4-17(25)5-3-15)30-23(34)32-8-6-24(13-32)7-9-33-20(24)11-18(31-33)16-10-19(35-22(26)27)21(28)29-12-16/h2-5,10-12,14,22H,6-9,13H2,1H3,(H2,28,29)(H,30,34). The van der Waals surface area contributed by atoms with Crippen molar-refractivity contribution < 1.29 is 22.7 Å². The van der Waals surface area contributed by atoms with Crippen molar-refractivity contribution in [3.63, 3.8) is 0 Å². The van der Waals surface area contributed by atoms with Crippen LogP contribution in [0.15, 0.2) is 42.6 Å². The SMILES string of the molecule is CC(NC(=O)N1CCC2(CCn3nc(-c4cnc(N)c(OC(F)F)c4)cc32)C1)c1ccc(F)cc1. The lowest BCUT2D eigenvalue weighted by Gasteiger charge is -2.25. The Morgan fingerprint density at radius 1 is 1.20 bits per heavy atom. The number of benzene rings is 1. The van der Waals surface area contributed by atoms with Crippen LogP contribution in [0, 0.1) is 5.82 Å². The summed E-state index contributed by atoms with van der Waals surface area (Å²) in [6.07, 6.45) is 3.12. The molecule has 2 unspecified atom stereocenters. The second-order valence-electron chi connectivity index (χ2n) is 9.05. The number of halogens is 3. The predicted molar refractivity (Wildman–Crippen MR) is 122 cm³/mol. The lowest BCUT2D eigenvalue weighted by atomic mass is 9.82. The summed E-state index contributed by atoms with van der Waals surface area (Å²) in [6, 6.07) is 8.97. The molecule has 8 nitrogen and oxygen atoms in total. The number of ether oxygens (including phenoxy) is 1. The molecule has 1 fully saturated rings. The number of nitrogens with zero attached hydrogens (tertiary/aromatic N) is 4. The number of hydrogen-bond acceptors (Lipinski definition) is 5. The van der Waals surface area contributed by atoms with Gasteiger partial charge in [0, 0.05) is 42.5 Å². The van der Waals surface area contributed by atoms with E-state index in [9.17, 15) is 18.0 Å². The van der Waals surface area contributed by atoms with Crippen molar-refractivity contribution in [1.29, 1.82) is 0 Å². The Hall–Kier alpha value is -3.76. The monoisotopic (exact) mass is 486 g/mol. The molecule has 1 saturated heterocycles. The van der Waals surface area contributed by atoms with E-state index in [0.29, 0.717) is 30.9 Å². The summed E-state index contributed by atoms with van der Waals surface area (Å²) >= 11 is 0. The first-order chi connectivity index (χ1) is 16.7. The summed E-state index contributed by atoms with van der Waals surface area (Å²) in [4.78, 5) is 18.7. The fraction of sp³-hybridized carbons (Fsp3) is 0.375. The Kier molecular flexibility index (Phi) is 5.78. The van der Waals surface area contributed by atoms with Gasteiger partial charge in [0.1, 0.15) is 5.82 Å². The van der Waals surface area contributed by atoms with Gasteiger partial charge in [-0.3, -0.25) is 4.68 Å². The summed E-state index contributed by atoms with van der Waals surface area (Å²) in [5.74, 6) is -0.637. The van der Waals surface area contributed by atoms with E-state index in [2.05, 4.69) is 20.1 Å². The van der Waals surface area contributed by atoms with Crippen LogP contribution in [0.25, 0.3) is 11.3 Å². The van der Waals surface area contributed by atoms with E-state index in [-0.39, 0.29) is 34.9 Å². The first kappa shape index (κ1) is 23.0. The number of amides is 2. The van der Waals surface area contributed by atoms with Gasteiger partial charge in [-0.1, -0.05) is 12.1 Å². The van der Waals surface area contributed by atoms with Gasteiger partial charge in [-0.05, 0) is 49.6 Å². The van der Waals surface area contributed by atoms with Crippen molar-refractivity contribution in [3.8, 4) is 17.0 Å². The van der Waals surface area contributed by atoms with E-state index in [0.717, 1.165) is 24.1 Å². The molecule has 2 aliphatic heterocycles. The number of carbonyl (C=O) groups is 1. The molecule has 0 radical (unpaired) electrons. The Bertz CT molecular complexity index is 1250. The molecule has 1 aromatic carbocycles. The smallest absolute Gasteiger partial charge is 0.387 e. The lowest BCUT2D eigenvalue weighted by Crippen LogP contribution is -2.41. The second kappa shape index (κ2) is 8.79. The Balaban J connectivity index is 1.31. The Labute approximate surface area is 199 Å². The van der Waals surface area contributed by atoms with Gasteiger partial charge in [0.2, 0.25) is 0 Å². The van der Waals surface area contributed by atoms with Crippen LogP contribution >= 0.6 is 0 Å².